The fourth-order valence-electron chi connectivity index (χ4n) is 2.78. The molecule has 3 heterocycles. The molecular formula is C14H19N5O3. The van der Waals surface area contributed by atoms with Crippen LogP contribution >= 0.6 is 0 Å². The largest absolute Gasteiger partial charge is 0.356 e. The van der Waals surface area contributed by atoms with Gasteiger partial charge in [-0.25, -0.2) is 9.78 Å². The second kappa shape index (κ2) is 6.17. The summed E-state index contributed by atoms with van der Waals surface area (Å²) in [5.41, 5.74) is 0.976. The average Bonchev–Trinajstić information content (AvgIpc) is 3.01. The molecule has 1 saturated heterocycles. The number of imide groups is 1. The molecule has 0 saturated carbocycles. The second-order valence-corrected chi connectivity index (χ2v) is 5.62. The zero-order valence-electron chi connectivity index (χ0n) is 12.2. The van der Waals surface area contributed by atoms with Crippen LogP contribution in [0.5, 0.6) is 0 Å². The van der Waals surface area contributed by atoms with Gasteiger partial charge >= 0.3 is 6.03 Å². The smallest absolute Gasteiger partial charge is 0.322 e. The number of hydrogen-bond acceptors (Lipinski definition) is 4. The van der Waals surface area contributed by atoms with Crippen molar-refractivity contribution in [1.29, 1.82) is 0 Å². The summed E-state index contributed by atoms with van der Waals surface area (Å²) in [6.07, 6.45) is 6.05. The molecule has 1 atom stereocenters. The number of carbonyl (C=O) groups excluding carboxylic acids is 3. The summed E-state index contributed by atoms with van der Waals surface area (Å²) in [4.78, 5) is 38.6. The minimum atomic E-state index is -0.771. The lowest BCUT2D eigenvalue weighted by atomic mass is 10.2. The van der Waals surface area contributed by atoms with E-state index in [1.807, 2.05) is 6.20 Å². The highest BCUT2D eigenvalue weighted by Crippen LogP contribution is 2.14. The van der Waals surface area contributed by atoms with Gasteiger partial charge in [-0.2, -0.15) is 0 Å². The lowest BCUT2D eigenvalue weighted by Gasteiger charge is -2.11. The third-order valence-electron chi connectivity index (χ3n) is 3.91. The van der Waals surface area contributed by atoms with Crippen LogP contribution in [0.1, 0.15) is 30.8 Å². The summed E-state index contributed by atoms with van der Waals surface area (Å²) in [5, 5.41) is 7.25. The molecule has 8 heteroatoms. The molecule has 0 bridgehead atoms. The molecule has 1 aromatic rings. The lowest BCUT2D eigenvalue weighted by molar-refractivity contribution is -0.126. The lowest BCUT2D eigenvalue weighted by Crippen LogP contribution is -2.36. The Kier molecular flexibility index (Phi) is 4.08. The molecule has 3 N–H and O–H groups in total. The number of hydrogen-bond donors (Lipinski definition) is 3. The van der Waals surface area contributed by atoms with Crippen molar-refractivity contribution in [2.75, 3.05) is 6.54 Å². The van der Waals surface area contributed by atoms with Crippen LogP contribution in [0.4, 0.5) is 4.79 Å². The molecule has 2 aliphatic heterocycles. The van der Waals surface area contributed by atoms with Crippen molar-refractivity contribution in [3.8, 4) is 0 Å². The Morgan fingerprint density at radius 2 is 2.27 bits per heavy atom. The Morgan fingerprint density at radius 1 is 1.41 bits per heavy atom. The topological polar surface area (TPSA) is 105 Å². The van der Waals surface area contributed by atoms with E-state index < -0.39 is 18.0 Å². The summed E-state index contributed by atoms with van der Waals surface area (Å²) in [7, 11) is 0. The number of fused-ring (bicyclic) bond motifs is 1. The summed E-state index contributed by atoms with van der Waals surface area (Å²) < 4.78 is 2.18. The zero-order chi connectivity index (χ0) is 15.5. The first-order valence-corrected chi connectivity index (χ1v) is 7.55. The van der Waals surface area contributed by atoms with E-state index in [4.69, 9.17) is 0 Å². The van der Waals surface area contributed by atoms with Crippen molar-refractivity contribution in [3.63, 3.8) is 0 Å². The highest BCUT2D eigenvalue weighted by Gasteiger charge is 2.31. The number of amides is 4. The van der Waals surface area contributed by atoms with Gasteiger partial charge in [-0.15, -0.1) is 0 Å². The number of nitrogens with one attached hydrogen (secondary N) is 3. The molecule has 0 radical (unpaired) electrons. The molecule has 0 unspecified atom stereocenters. The Labute approximate surface area is 127 Å². The van der Waals surface area contributed by atoms with Gasteiger partial charge in [0.15, 0.2) is 0 Å². The molecule has 4 amide bonds. The number of aromatic nitrogens is 2. The molecule has 3 rings (SSSR count). The maximum atomic E-state index is 11.8. The number of imidazole rings is 1. The van der Waals surface area contributed by atoms with Crippen LogP contribution in [-0.2, 0) is 29.0 Å². The quantitative estimate of drug-likeness (QED) is 0.636. The van der Waals surface area contributed by atoms with Crippen LogP contribution in [-0.4, -0.2) is 40.0 Å². The van der Waals surface area contributed by atoms with Crippen LogP contribution in [0.15, 0.2) is 6.20 Å². The van der Waals surface area contributed by atoms with E-state index in [0.717, 1.165) is 24.5 Å². The maximum absolute atomic E-state index is 11.8. The molecule has 118 valence electrons. The van der Waals surface area contributed by atoms with Gasteiger partial charge in [0, 0.05) is 32.1 Å². The Balaban J connectivity index is 1.43. The van der Waals surface area contributed by atoms with Gasteiger partial charge in [-0.05, 0) is 12.8 Å². The predicted octanol–water partition coefficient (Wildman–Crippen LogP) is -0.524. The van der Waals surface area contributed by atoms with Gasteiger partial charge in [0.1, 0.15) is 11.9 Å². The monoisotopic (exact) mass is 305 g/mol. The van der Waals surface area contributed by atoms with Crippen LogP contribution in [0, 0.1) is 0 Å². The van der Waals surface area contributed by atoms with E-state index in [1.54, 1.807) is 0 Å². The Bertz CT molecular complexity index is 586. The molecule has 1 aromatic heterocycles. The third-order valence-corrected chi connectivity index (χ3v) is 3.91. The fourth-order valence-corrected chi connectivity index (χ4v) is 2.78. The fraction of sp³-hybridized carbons (Fsp3) is 0.571. The summed E-state index contributed by atoms with van der Waals surface area (Å²) in [5.74, 6) is 0.408. The number of nitrogens with zero attached hydrogens (tertiary/aromatic N) is 2. The molecule has 8 nitrogen and oxygen atoms in total. The number of aryl methyl sites for hydroxylation is 2. The molecule has 22 heavy (non-hydrogen) atoms. The van der Waals surface area contributed by atoms with Crippen LogP contribution in [0.25, 0.3) is 0 Å². The van der Waals surface area contributed by atoms with Crippen molar-refractivity contribution in [1.82, 2.24) is 25.5 Å². The van der Waals surface area contributed by atoms with Crippen molar-refractivity contribution in [3.05, 3.63) is 17.7 Å². The van der Waals surface area contributed by atoms with Crippen molar-refractivity contribution < 1.29 is 14.4 Å². The van der Waals surface area contributed by atoms with Crippen LogP contribution in [0.3, 0.4) is 0 Å². The minimum Gasteiger partial charge on any atom is -0.356 e. The van der Waals surface area contributed by atoms with E-state index in [9.17, 15) is 14.4 Å². The first kappa shape index (κ1) is 14.6. The standard InChI is InChI=1S/C14H19N5O3/c20-12(7-10-13(21)18-14(22)17-10)15-5-4-9-8-19-6-2-1-3-11(19)16-9/h8,10H,1-7H2,(H,15,20)(H2,17,18,21,22)/t10-/m0/s1. The maximum Gasteiger partial charge on any atom is 0.322 e. The molecule has 2 aliphatic rings. The van der Waals surface area contributed by atoms with Gasteiger partial charge in [0.2, 0.25) is 5.91 Å². The van der Waals surface area contributed by atoms with Gasteiger partial charge in [0.05, 0.1) is 12.1 Å². The van der Waals surface area contributed by atoms with E-state index >= 15 is 0 Å². The number of urea groups is 1. The molecule has 0 aliphatic carbocycles. The van der Waals surface area contributed by atoms with E-state index in [-0.39, 0.29) is 12.3 Å². The molecular weight excluding hydrogens is 286 g/mol. The van der Waals surface area contributed by atoms with Crippen LogP contribution in [0.2, 0.25) is 0 Å². The normalized spacial score (nSPS) is 20.3. The molecule has 1 fully saturated rings. The number of carbonyl (C=O) groups is 3. The molecule has 0 aromatic carbocycles. The van der Waals surface area contributed by atoms with E-state index in [1.165, 1.54) is 12.8 Å². The van der Waals surface area contributed by atoms with Gasteiger partial charge in [0.25, 0.3) is 5.91 Å². The summed E-state index contributed by atoms with van der Waals surface area (Å²) in [6, 6.07) is -1.32. The minimum absolute atomic E-state index is 0.0444. The summed E-state index contributed by atoms with van der Waals surface area (Å²) in [6.45, 7) is 1.49. The number of rotatable bonds is 5. The predicted molar refractivity (Wildman–Crippen MR) is 77.0 cm³/mol. The summed E-state index contributed by atoms with van der Waals surface area (Å²) >= 11 is 0. The third kappa shape index (κ3) is 3.26. The van der Waals surface area contributed by atoms with Crippen molar-refractivity contribution in [2.24, 2.45) is 0 Å². The highest BCUT2D eigenvalue weighted by atomic mass is 16.2. The van der Waals surface area contributed by atoms with Crippen LogP contribution < -0.4 is 16.0 Å². The van der Waals surface area contributed by atoms with E-state index in [2.05, 4.69) is 25.5 Å². The Hall–Kier alpha value is -2.38. The van der Waals surface area contributed by atoms with Gasteiger partial charge < -0.3 is 15.2 Å². The SMILES string of the molecule is O=C(C[C@@H]1NC(=O)NC1=O)NCCc1cn2c(n1)CCCC2. The first-order valence-electron chi connectivity index (χ1n) is 7.55. The average molecular weight is 305 g/mol. The van der Waals surface area contributed by atoms with Crippen molar-refractivity contribution >= 4 is 17.8 Å². The second-order valence-electron chi connectivity index (χ2n) is 5.62. The van der Waals surface area contributed by atoms with Gasteiger partial charge in [-0.3, -0.25) is 14.9 Å². The molecule has 0 spiro atoms. The Morgan fingerprint density at radius 3 is 3.00 bits per heavy atom. The zero-order valence-corrected chi connectivity index (χ0v) is 12.2. The van der Waals surface area contributed by atoms with Crippen molar-refractivity contribution in [2.45, 2.75) is 44.7 Å². The van der Waals surface area contributed by atoms with E-state index in [0.29, 0.717) is 13.0 Å². The first-order chi connectivity index (χ1) is 10.6. The highest BCUT2D eigenvalue weighted by molar-refractivity contribution is 6.05. The van der Waals surface area contributed by atoms with Gasteiger partial charge in [-0.1, -0.05) is 0 Å².